The number of aryl methyl sites for hydroxylation is 2. The number of nitrogens with zero attached hydrogens (tertiary/aromatic N) is 5. The van der Waals surface area contributed by atoms with E-state index in [0.29, 0.717) is 18.7 Å². The van der Waals surface area contributed by atoms with Crippen LogP contribution in [0.4, 0.5) is 0 Å². The molecular weight excluding hydrogens is 428 g/mol. The van der Waals surface area contributed by atoms with Crippen LogP contribution in [0.25, 0.3) is 10.9 Å². The van der Waals surface area contributed by atoms with Crippen LogP contribution in [0, 0.1) is 13.8 Å². The second kappa shape index (κ2) is 9.54. The number of hydrogen-bond acceptors (Lipinski definition) is 6. The van der Waals surface area contributed by atoms with Gasteiger partial charge in [-0.05, 0) is 86.4 Å². The second-order valence-corrected chi connectivity index (χ2v) is 9.69. The Labute approximate surface area is 200 Å². The number of tetrazole rings is 1. The van der Waals surface area contributed by atoms with E-state index in [0.717, 1.165) is 46.5 Å². The summed E-state index contributed by atoms with van der Waals surface area (Å²) in [6, 6.07) is 9.91. The highest BCUT2D eigenvalue weighted by molar-refractivity contribution is 5.83. The second-order valence-electron chi connectivity index (χ2n) is 9.69. The summed E-state index contributed by atoms with van der Waals surface area (Å²) in [6.45, 7) is 13.6. The van der Waals surface area contributed by atoms with Crippen LogP contribution in [-0.4, -0.2) is 30.1 Å². The van der Waals surface area contributed by atoms with Gasteiger partial charge in [-0.15, -0.1) is 5.10 Å². The lowest BCUT2D eigenvalue weighted by atomic mass is 10.0. The fraction of sp³-hybridized carbons (Fsp3) is 0.462. The van der Waals surface area contributed by atoms with Gasteiger partial charge < -0.3 is 9.40 Å². The average molecular weight is 463 g/mol. The van der Waals surface area contributed by atoms with Gasteiger partial charge in [0.15, 0.2) is 5.82 Å². The number of rotatable bonds is 9. The lowest BCUT2D eigenvalue weighted by molar-refractivity contribution is 0.140. The Balaban J connectivity index is 1.78. The van der Waals surface area contributed by atoms with Gasteiger partial charge >= 0.3 is 0 Å². The molecule has 0 fully saturated rings. The van der Waals surface area contributed by atoms with E-state index in [-0.39, 0.29) is 17.1 Å². The highest BCUT2D eigenvalue weighted by Crippen LogP contribution is 2.30. The number of aromatic nitrogens is 5. The van der Waals surface area contributed by atoms with Crippen molar-refractivity contribution in [2.24, 2.45) is 0 Å². The SMILES string of the molecule is CC[C@@H](c1nnnn1C(C)(C)CC)N(Cc1ccco1)Cc1cc2c(C)cc(C)cc2[nH]c1=O. The summed E-state index contributed by atoms with van der Waals surface area (Å²) in [7, 11) is 0. The van der Waals surface area contributed by atoms with Crippen molar-refractivity contribution < 1.29 is 4.42 Å². The summed E-state index contributed by atoms with van der Waals surface area (Å²) in [4.78, 5) is 18.4. The molecule has 180 valence electrons. The van der Waals surface area contributed by atoms with E-state index < -0.39 is 0 Å². The van der Waals surface area contributed by atoms with Crippen molar-refractivity contribution in [1.82, 2.24) is 30.1 Å². The van der Waals surface area contributed by atoms with Crippen LogP contribution < -0.4 is 5.56 Å². The molecule has 8 nitrogen and oxygen atoms in total. The first-order chi connectivity index (χ1) is 16.2. The number of benzene rings is 1. The molecule has 1 atom stereocenters. The highest BCUT2D eigenvalue weighted by atomic mass is 16.3. The fourth-order valence-corrected chi connectivity index (χ4v) is 4.52. The number of pyridine rings is 1. The number of furan rings is 1. The van der Waals surface area contributed by atoms with Gasteiger partial charge in [0.1, 0.15) is 5.76 Å². The minimum atomic E-state index is -0.224. The van der Waals surface area contributed by atoms with E-state index >= 15 is 0 Å². The van der Waals surface area contributed by atoms with Gasteiger partial charge in [-0.1, -0.05) is 19.9 Å². The van der Waals surface area contributed by atoms with E-state index in [1.165, 1.54) is 0 Å². The standard InChI is InChI=1S/C26H34N6O2/c1-7-23(24-28-29-30-32(24)26(5,6)8-2)31(16-20-10-9-11-34-20)15-19-14-21-18(4)12-17(3)13-22(21)27-25(19)33/h9-14,23H,7-8,15-16H2,1-6H3,(H,27,33)/t23-/m0/s1. The summed E-state index contributed by atoms with van der Waals surface area (Å²) in [6.07, 6.45) is 3.35. The Hall–Kier alpha value is -3.26. The molecule has 0 saturated carbocycles. The number of nitrogens with one attached hydrogen (secondary N) is 1. The van der Waals surface area contributed by atoms with Gasteiger partial charge in [0.2, 0.25) is 0 Å². The van der Waals surface area contributed by atoms with E-state index in [4.69, 9.17) is 4.42 Å². The number of H-pyrrole nitrogens is 1. The summed E-state index contributed by atoms with van der Waals surface area (Å²) in [5.41, 5.74) is 3.54. The molecule has 34 heavy (non-hydrogen) atoms. The molecule has 3 heterocycles. The van der Waals surface area contributed by atoms with Crippen molar-refractivity contribution in [3.05, 3.63) is 75.2 Å². The van der Waals surface area contributed by atoms with E-state index in [2.05, 4.69) is 66.1 Å². The predicted molar refractivity (Wildman–Crippen MR) is 132 cm³/mol. The van der Waals surface area contributed by atoms with E-state index in [9.17, 15) is 4.79 Å². The van der Waals surface area contributed by atoms with Crippen molar-refractivity contribution in [3.63, 3.8) is 0 Å². The van der Waals surface area contributed by atoms with Crippen molar-refractivity contribution in [2.75, 3.05) is 0 Å². The van der Waals surface area contributed by atoms with Gasteiger partial charge in [-0.3, -0.25) is 9.69 Å². The molecule has 0 aliphatic rings. The van der Waals surface area contributed by atoms with Crippen LogP contribution in [0.1, 0.15) is 74.9 Å². The zero-order chi connectivity index (χ0) is 24.5. The Morgan fingerprint density at radius 2 is 1.97 bits per heavy atom. The average Bonchev–Trinajstić information content (AvgIpc) is 3.48. The lowest BCUT2D eigenvalue weighted by Gasteiger charge is -2.32. The molecule has 3 aromatic heterocycles. The van der Waals surface area contributed by atoms with Crippen molar-refractivity contribution in [2.45, 2.75) is 79.1 Å². The number of fused-ring (bicyclic) bond motifs is 1. The number of aromatic amines is 1. The highest BCUT2D eigenvalue weighted by Gasteiger charge is 2.31. The minimum Gasteiger partial charge on any atom is -0.468 e. The van der Waals surface area contributed by atoms with Crippen LogP contribution in [-0.2, 0) is 18.6 Å². The molecule has 8 heteroatoms. The maximum atomic E-state index is 13.1. The van der Waals surface area contributed by atoms with Crippen molar-refractivity contribution >= 4 is 10.9 Å². The quantitative estimate of drug-likeness (QED) is 0.375. The Kier molecular flexibility index (Phi) is 6.70. The van der Waals surface area contributed by atoms with Crippen LogP contribution in [0.15, 0.2) is 45.8 Å². The zero-order valence-corrected chi connectivity index (χ0v) is 20.9. The maximum Gasteiger partial charge on any atom is 0.252 e. The fourth-order valence-electron chi connectivity index (χ4n) is 4.52. The summed E-state index contributed by atoms with van der Waals surface area (Å²) < 4.78 is 7.60. The molecule has 1 aromatic carbocycles. The van der Waals surface area contributed by atoms with Gasteiger partial charge in [0, 0.05) is 23.0 Å². The third kappa shape index (κ3) is 4.68. The van der Waals surface area contributed by atoms with Crippen LogP contribution >= 0.6 is 0 Å². The van der Waals surface area contributed by atoms with Gasteiger partial charge in [0.25, 0.3) is 5.56 Å². The van der Waals surface area contributed by atoms with Gasteiger partial charge in [-0.25, -0.2) is 4.68 Å². The zero-order valence-electron chi connectivity index (χ0n) is 20.9. The normalized spacial score (nSPS) is 13.1. The number of hydrogen-bond donors (Lipinski definition) is 1. The molecule has 0 radical (unpaired) electrons. The molecule has 1 N–H and O–H groups in total. The molecule has 4 aromatic rings. The first-order valence-corrected chi connectivity index (χ1v) is 11.9. The third-order valence-corrected chi connectivity index (χ3v) is 6.76. The molecule has 0 bridgehead atoms. The topological polar surface area (TPSA) is 92.8 Å². The molecular formula is C26H34N6O2. The first-order valence-electron chi connectivity index (χ1n) is 11.9. The summed E-state index contributed by atoms with van der Waals surface area (Å²) in [5.74, 6) is 1.63. The minimum absolute atomic E-state index is 0.0784. The maximum absolute atomic E-state index is 13.1. The predicted octanol–water partition coefficient (Wildman–Crippen LogP) is 5.02. The van der Waals surface area contributed by atoms with Crippen LogP contribution in [0.2, 0.25) is 0 Å². The Morgan fingerprint density at radius 1 is 1.18 bits per heavy atom. The van der Waals surface area contributed by atoms with E-state index in [1.807, 2.05) is 35.9 Å². The smallest absolute Gasteiger partial charge is 0.252 e. The first kappa shape index (κ1) is 23.9. The lowest BCUT2D eigenvalue weighted by Crippen LogP contribution is -2.36. The van der Waals surface area contributed by atoms with Gasteiger partial charge in [0.05, 0.1) is 24.4 Å². The Morgan fingerprint density at radius 3 is 2.65 bits per heavy atom. The summed E-state index contributed by atoms with van der Waals surface area (Å²) >= 11 is 0. The summed E-state index contributed by atoms with van der Waals surface area (Å²) in [5, 5.41) is 13.8. The third-order valence-electron chi connectivity index (χ3n) is 6.76. The Bertz CT molecular complexity index is 1320. The molecule has 0 amide bonds. The largest absolute Gasteiger partial charge is 0.468 e. The molecule has 0 saturated heterocycles. The van der Waals surface area contributed by atoms with E-state index in [1.54, 1.807) is 6.26 Å². The molecule has 0 aliphatic heterocycles. The molecule has 0 aliphatic carbocycles. The molecule has 0 spiro atoms. The van der Waals surface area contributed by atoms with Crippen LogP contribution in [0.3, 0.4) is 0 Å². The van der Waals surface area contributed by atoms with Gasteiger partial charge in [-0.2, -0.15) is 0 Å². The van der Waals surface area contributed by atoms with Crippen molar-refractivity contribution in [1.29, 1.82) is 0 Å². The monoisotopic (exact) mass is 462 g/mol. The van der Waals surface area contributed by atoms with Crippen LogP contribution in [0.5, 0.6) is 0 Å². The molecule has 4 rings (SSSR count). The van der Waals surface area contributed by atoms with Crippen molar-refractivity contribution in [3.8, 4) is 0 Å². The molecule has 0 unspecified atom stereocenters.